The fraction of sp³-hybridized carbons (Fsp3) is 0.583. The van der Waals surface area contributed by atoms with E-state index in [1.807, 2.05) is 0 Å². The van der Waals surface area contributed by atoms with Gasteiger partial charge in [0.05, 0.1) is 7.11 Å². The summed E-state index contributed by atoms with van der Waals surface area (Å²) in [5, 5.41) is 3.27. The lowest BCUT2D eigenvalue weighted by atomic mass is 9.97. The van der Waals surface area contributed by atoms with Crippen LogP contribution in [0, 0.1) is 5.92 Å². The monoisotopic (exact) mass is 251 g/mol. The summed E-state index contributed by atoms with van der Waals surface area (Å²) in [4.78, 5) is 19.2. The standard InChI is InChI=1S/C12H17N3O3/c1-8-3-5-13-7-9(8)18-10-4-6-14-11(15-10)12(16)17-2/h4,6,8-9,13H,3,5,7H2,1-2H3. The van der Waals surface area contributed by atoms with Crippen LogP contribution >= 0.6 is 0 Å². The molecule has 0 aliphatic carbocycles. The third-order valence-electron chi connectivity index (χ3n) is 3.03. The van der Waals surface area contributed by atoms with E-state index in [9.17, 15) is 4.79 Å². The number of methoxy groups -OCH3 is 1. The molecule has 1 aliphatic heterocycles. The molecule has 2 atom stereocenters. The van der Waals surface area contributed by atoms with Gasteiger partial charge in [-0.2, -0.15) is 4.98 Å². The van der Waals surface area contributed by atoms with Gasteiger partial charge in [-0.25, -0.2) is 9.78 Å². The highest BCUT2D eigenvalue weighted by atomic mass is 16.5. The molecule has 98 valence electrons. The van der Waals surface area contributed by atoms with E-state index in [1.165, 1.54) is 13.3 Å². The van der Waals surface area contributed by atoms with Crippen molar-refractivity contribution in [3.63, 3.8) is 0 Å². The summed E-state index contributed by atoms with van der Waals surface area (Å²) in [5.74, 6) is 0.329. The number of nitrogens with zero attached hydrogens (tertiary/aromatic N) is 2. The van der Waals surface area contributed by atoms with Gasteiger partial charge in [-0.05, 0) is 18.9 Å². The molecule has 0 radical (unpaired) electrons. The SMILES string of the molecule is COC(=O)c1nccc(OC2CNCCC2C)n1. The molecule has 6 heteroatoms. The van der Waals surface area contributed by atoms with Crippen LogP contribution in [0.2, 0.25) is 0 Å². The second-order valence-corrected chi connectivity index (χ2v) is 4.34. The highest BCUT2D eigenvalue weighted by Gasteiger charge is 2.23. The number of esters is 1. The van der Waals surface area contributed by atoms with Gasteiger partial charge in [0.25, 0.3) is 0 Å². The van der Waals surface area contributed by atoms with E-state index in [0.29, 0.717) is 11.8 Å². The Balaban J connectivity index is 2.06. The van der Waals surface area contributed by atoms with Crippen LogP contribution < -0.4 is 10.1 Å². The molecule has 2 unspecified atom stereocenters. The summed E-state index contributed by atoms with van der Waals surface area (Å²) in [6, 6.07) is 1.65. The van der Waals surface area contributed by atoms with Gasteiger partial charge in [-0.3, -0.25) is 0 Å². The predicted molar refractivity (Wildman–Crippen MR) is 64.4 cm³/mol. The number of hydrogen-bond acceptors (Lipinski definition) is 6. The van der Waals surface area contributed by atoms with E-state index in [2.05, 4.69) is 26.9 Å². The summed E-state index contributed by atoms with van der Waals surface area (Å²) < 4.78 is 10.4. The Morgan fingerprint density at radius 3 is 3.11 bits per heavy atom. The summed E-state index contributed by atoms with van der Waals surface area (Å²) in [7, 11) is 1.30. The Bertz CT molecular complexity index is 425. The molecule has 0 spiro atoms. The zero-order valence-corrected chi connectivity index (χ0v) is 10.5. The first kappa shape index (κ1) is 12.8. The summed E-state index contributed by atoms with van der Waals surface area (Å²) in [5.41, 5.74) is 0. The zero-order chi connectivity index (χ0) is 13.0. The smallest absolute Gasteiger partial charge is 0.376 e. The normalized spacial score (nSPS) is 23.4. The van der Waals surface area contributed by atoms with Gasteiger partial charge < -0.3 is 14.8 Å². The molecule has 0 bridgehead atoms. The minimum absolute atomic E-state index is 0.0198. The minimum atomic E-state index is -0.560. The quantitative estimate of drug-likeness (QED) is 0.795. The summed E-state index contributed by atoms with van der Waals surface area (Å²) in [6.45, 7) is 3.95. The topological polar surface area (TPSA) is 73.3 Å². The molecule has 1 N–H and O–H groups in total. The molecule has 2 rings (SSSR count). The number of ether oxygens (including phenoxy) is 2. The number of aromatic nitrogens is 2. The average Bonchev–Trinajstić information content (AvgIpc) is 2.41. The average molecular weight is 251 g/mol. The lowest BCUT2D eigenvalue weighted by Crippen LogP contribution is -2.43. The van der Waals surface area contributed by atoms with Crippen molar-refractivity contribution in [1.82, 2.24) is 15.3 Å². The van der Waals surface area contributed by atoms with Crippen molar-refractivity contribution in [2.45, 2.75) is 19.4 Å². The third kappa shape index (κ3) is 2.95. The number of carbonyl (C=O) groups is 1. The second-order valence-electron chi connectivity index (χ2n) is 4.34. The van der Waals surface area contributed by atoms with Crippen molar-refractivity contribution in [3.05, 3.63) is 18.1 Å². The van der Waals surface area contributed by atoms with E-state index in [0.717, 1.165) is 19.5 Å². The van der Waals surface area contributed by atoms with Gasteiger partial charge in [-0.1, -0.05) is 6.92 Å². The van der Waals surface area contributed by atoms with E-state index in [4.69, 9.17) is 4.74 Å². The molecule has 1 aliphatic rings. The molecule has 18 heavy (non-hydrogen) atoms. The largest absolute Gasteiger partial charge is 0.473 e. The fourth-order valence-electron chi connectivity index (χ4n) is 1.87. The van der Waals surface area contributed by atoms with Crippen LogP contribution in [0.25, 0.3) is 0 Å². The second kappa shape index (κ2) is 5.77. The fourth-order valence-corrected chi connectivity index (χ4v) is 1.87. The molecular formula is C12H17N3O3. The number of piperidine rings is 1. The van der Waals surface area contributed by atoms with Gasteiger partial charge in [0.1, 0.15) is 6.10 Å². The maximum atomic E-state index is 11.3. The Morgan fingerprint density at radius 2 is 2.39 bits per heavy atom. The molecule has 0 saturated carbocycles. The number of nitrogens with one attached hydrogen (secondary N) is 1. The third-order valence-corrected chi connectivity index (χ3v) is 3.03. The molecular weight excluding hydrogens is 234 g/mol. The van der Waals surface area contributed by atoms with Crippen molar-refractivity contribution < 1.29 is 14.3 Å². The predicted octanol–water partition coefficient (Wildman–Crippen LogP) is 0.640. The molecule has 0 aromatic carbocycles. The van der Waals surface area contributed by atoms with Crippen LogP contribution in [0.15, 0.2) is 12.3 Å². The highest BCUT2D eigenvalue weighted by Crippen LogP contribution is 2.17. The van der Waals surface area contributed by atoms with Crippen LogP contribution in [0.4, 0.5) is 0 Å². The van der Waals surface area contributed by atoms with Crippen molar-refractivity contribution in [3.8, 4) is 5.88 Å². The summed E-state index contributed by atoms with van der Waals surface area (Å²) >= 11 is 0. The molecule has 1 fully saturated rings. The van der Waals surface area contributed by atoms with Gasteiger partial charge in [0.15, 0.2) is 0 Å². The van der Waals surface area contributed by atoms with Crippen LogP contribution in [-0.2, 0) is 4.74 Å². The first-order valence-electron chi connectivity index (χ1n) is 5.99. The molecule has 6 nitrogen and oxygen atoms in total. The van der Waals surface area contributed by atoms with E-state index in [1.54, 1.807) is 6.07 Å². The molecule has 1 saturated heterocycles. The van der Waals surface area contributed by atoms with Gasteiger partial charge in [0.2, 0.25) is 11.7 Å². The Labute approximate surface area is 106 Å². The lowest BCUT2D eigenvalue weighted by Gasteiger charge is -2.29. The zero-order valence-electron chi connectivity index (χ0n) is 10.5. The molecule has 2 heterocycles. The highest BCUT2D eigenvalue weighted by molar-refractivity contribution is 5.84. The van der Waals surface area contributed by atoms with Crippen LogP contribution in [-0.4, -0.2) is 42.2 Å². The van der Waals surface area contributed by atoms with Crippen LogP contribution in [0.3, 0.4) is 0 Å². The molecule has 1 aromatic rings. The van der Waals surface area contributed by atoms with Crippen molar-refractivity contribution >= 4 is 5.97 Å². The number of rotatable bonds is 3. The van der Waals surface area contributed by atoms with Crippen molar-refractivity contribution in [2.75, 3.05) is 20.2 Å². The maximum absolute atomic E-state index is 11.3. The Hall–Kier alpha value is -1.69. The molecule has 0 amide bonds. The van der Waals surface area contributed by atoms with E-state index in [-0.39, 0.29) is 11.9 Å². The first-order chi connectivity index (χ1) is 8.70. The van der Waals surface area contributed by atoms with Crippen molar-refractivity contribution in [2.24, 2.45) is 5.92 Å². The Morgan fingerprint density at radius 1 is 1.56 bits per heavy atom. The summed E-state index contributed by atoms with van der Waals surface area (Å²) in [6.07, 6.45) is 2.63. The van der Waals surface area contributed by atoms with Gasteiger partial charge >= 0.3 is 5.97 Å². The van der Waals surface area contributed by atoms with Crippen molar-refractivity contribution in [1.29, 1.82) is 0 Å². The van der Waals surface area contributed by atoms with Gasteiger partial charge in [-0.15, -0.1) is 0 Å². The van der Waals surface area contributed by atoms with Crippen LogP contribution in [0.5, 0.6) is 5.88 Å². The van der Waals surface area contributed by atoms with E-state index < -0.39 is 5.97 Å². The lowest BCUT2D eigenvalue weighted by molar-refractivity contribution is 0.0581. The number of carbonyl (C=O) groups excluding carboxylic acids is 1. The molecule has 1 aromatic heterocycles. The van der Waals surface area contributed by atoms with Gasteiger partial charge in [0, 0.05) is 18.8 Å². The minimum Gasteiger partial charge on any atom is -0.473 e. The van der Waals surface area contributed by atoms with E-state index >= 15 is 0 Å². The van der Waals surface area contributed by atoms with Crippen LogP contribution in [0.1, 0.15) is 24.0 Å². The first-order valence-corrected chi connectivity index (χ1v) is 5.99. The number of hydrogen-bond donors (Lipinski definition) is 1. The maximum Gasteiger partial charge on any atom is 0.376 e. The Kier molecular flexibility index (Phi) is 4.09.